The lowest BCUT2D eigenvalue weighted by Crippen LogP contribution is -2.08. The normalized spacial score (nSPS) is 11.8. The Bertz CT molecular complexity index is 669. The van der Waals surface area contributed by atoms with Crippen LogP contribution in [0.1, 0.15) is 5.56 Å². The van der Waals surface area contributed by atoms with Gasteiger partial charge in [0.1, 0.15) is 0 Å². The molecule has 0 fully saturated rings. The van der Waals surface area contributed by atoms with E-state index in [9.17, 15) is 13.2 Å². The van der Waals surface area contributed by atoms with E-state index in [2.05, 4.69) is 0 Å². The summed E-state index contributed by atoms with van der Waals surface area (Å²) in [5.41, 5.74) is -0.128. The largest absolute Gasteiger partial charge is 0.417 e. The number of hydrogen-bond acceptors (Lipinski definition) is 0. The van der Waals surface area contributed by atoms with Crippen molar-refractivity contribution in [2.75, 3.05) is 0 Å². The van der Waals surface area contributed by atoms with E-state index in [1.54, 1.807) is 22.6 Å². The maximum Gasteiger partial charge on any atom is 0.417 e. The first-order chi connectivity index (χ1) is 9.23. The fraction of sp³-hybridized carbons (Fsp3) is 0.0769. The topological polar surface area (TPSA) is 0 Å². The molecule has 2 aromatic rings. The predicted molar refractivity (Wildman–Crippen MR) is 84.6 cm³/mol. The van der Waals surface area contributed by atoms with Gasteiger partial charge in [-0.15, -0.1) is 0 Å². The van der Waals surface area contributed by atoms with Gasteiger partial charge in [-0.05, 0) is 46.4 Å². The highest BCUT2D eigenvalue weighted by atomic mass is 127. The molecule has 0 unspecified atom stereocenters. The lowest BCUT2D eigenvalue weighted by atomic mass is 10.0. The van der Waals surface area contributed by atoms with E-state index in [-0.39, 0.29) is 18.6 Å². The van der Waals surface area contributed by atoms with Crippen LogP contribution in [0.2, 0.25) is 15.1 Å². The Morgan fingerprint density at radius 1 is 0.900 bits per heavy atom. The highest BCUT2D eigenvalue weighted by molar-refractivity contribution is 14.1. The number of benzene rings is 2. The summed E-state index contributed by atoms with van der Waals surface area (Å²) in [6.07, 6.45) is -4.44. The van der Waals surface area contributed by atoms with Gasteiger partial charge in [0, 0.05) is 9.13 Å². The van der Waals surface area contributed by atoms with Crippen molar-refractivity contribution in [3.05, 3.63) is 54.5 Å². The molecule has 20 heavy (non-hydrogen) atoms. The predicted octanol–water partition coefficient (Wildman–Crippen LogP) is 6.94. The SMILES string of the molecule is FC(F)(F)c1cccc(-c2c(Cl)ccc(Cl)c2Cl)c1I. The minimum Gasteiger partial charge on any atom is -0.166 e. The second-order valence-electron chi connectivity index (χ2n) is 3.88. The van der Waals surface area contributed by atoms with Gasteiger partial charge >= 0.3 is 6.18 Å². The summed E-state index contributed by atoms with van der Waals surface area (Å²) in [7, 11) is 0. The molecule has 0 saturated heterocycles. The van der Waals surface area contributed by atoms with Crippen molar-refractivity contribution < 1.29 is 13.2 Å². The van der Waals surface area contributed by atoms with Crippen LogP contribution in [0.5, 0.6) is 0 Å². The van der Waals surface area contributed by atoms with Crippen LogP contribution in [0.15, 0.2) is 30.3 Å². The van der Waals surface area contributed by atoms with Gasteiger partial charge < -0.3 is 0 Å². The molecule has 0 atom stereocenters. The summed E-state index contributed by atoms with van der Waals surface area (Å²) in [6, 6.07) is 6.85. The van der Waals surface area contributed by atoms with Crippen molar-refractivity contribution in [1.82, 2.24) is 0 Å². The van der Waals surface area contributed by atoms with Crippen molar-refractivity contribution in [2.24, 2.45) is 0 Å². The van der Waals surface area contributed by atoms with E-state index in [0.717, 1.165) is 6.07 Å². The van der Waals surface area contributed by atoms with Gasteiger partial charge in [-0.25, -0.2) is 0 Å². The van der Waals surface area contributed by atoms with Gasteiger partial charge in [-0.2, -0.15) is 13.2 Å². The monoisotopic (exact) mass is 450 g/mol. The Morgan fingerprint density at radius 2 is 1.50 bits per heavy atom. The minimum absolute atomic E-state index is 0.0312. The van der Waals surface area contributed by atoms with Gasteiger partial charge in [0.05, 0.1) is 20.6 Å². The summed E-state index contributed by atoms with van der Waals surface area (Å²) in [6.45, 7) is 0. The van der Waals surface area contributed by atoms with Crippen LogP contribution in [-0.2, 0) is 6.18 Å². The summed E-state index contributed by atoms with van der Waals surface area (Å²) < 4.78 is 38.8. The molecule has 0 bridgehead atoms. The molecule has 0 N–H and O–H groups in total. The van der Waals surface area contributed by atoms with E-state index in [0.29, 0.717) is 11.1 Å². The van der Waals surface area contributed by atoms with Crippen LogP contribution in [0.25, 0.3) is 11.1 Å². The van der Waals surface area contributed by atoms with Gasteiger partial charge in [0.2, 0.25) is 0 Å². The lowest BCUT2D eigenvalue weighted by molar-refractivity contribution is -0.138. The molecular formula is C13H5Cl3F3I. The van der Waals surface area contributed by atoms with Crippen molar-refractivity contribution >= 4 is 57.4 Å². The van der Waals surface area contributed by atoms with Crippen molar-refractivity contribution in [1.29, 1.82) is 0 Å². The highest BCUT2D eigenvalue weighted by Crippen LogP contribution is 2.43. The smallest absolute Gasteiger partial charge is 0.166 e. The fourth-order valence-corrected chi connectivity index (χ4v) is 3.38. The number of alkyl halides is 3. The molecule has 0 amide bonds. The van der Waals surface area contributed by atoms with Gasteiger partial charge in [-0.1, -0.05) is 46.9 Å². The van der Waals surface area contributed by atoms with Gasteiger partial charge in [0.15, 0.2) is 0 Å². The van der Waals surface area contributed by atoms with Crippen LogP contribution < -0.4 is 0 Å². The molecule has 0 saturated carbocycles. The van der Waals surface area contributed by atoms with E-state index in [1.165, 1.54) is 24.3 Å². The van der Waals surface area contributed by atoms with E-state index >= 15 is 0 Å². The number of halogens is 7. The van der Waals surface area contributed by atoms with Crippen molar-refractivity contribution in [3.63, 3.8) is 0 Å². The zero-order valence-electron chi connectivity index (χ0n) is 9.53. The van der Waals surface area contributed by atoms with E-state index in [4.69, 9.17) is 34.8 Å². The molecule has 0 aromatic heterocycles. The third-order valence-electron chi connectivity index (χ3n) is 2.62. The summed E-state index contributed by atoms with van der Waals surface area (Å²) >= 11 is 19.7. The minimum atomic E-state index is -4.44. The van der Waals surface area contributed by atoms with Crippen LogP contribution in [0.3, 0.4) is 0 Å². The van der Waals surface area contributed by atoms with Crippen LogP contribution in [-0.4, -0.2) is 0 Å². The Hall–Kier alpha value is -0.170. The Kier molecular flexibility index (Phi) is 4.79. The molecule has 0 aliphatic heterocycles. The summed E-state index contributed by atoms with van der Waals surface area (Å²) in [4.78, 5) is 0. The molecule has 0 radical (unpaired) electrons. The highest BCUT2D eigenvalue weighted by Gasteiger charge is 2.34. The molecule has 0 aliphatic carbocycles. The van der Waals surface area contributed by atoms with Crippen molar-refractivity contribution in [3.8, 4) is 11.1 Å². The summed E-state index contributed by atoms with van der Waals surface area (Å²) in [5, 5.41) is 0.618. The molecule has 0 spiro atoms. The quantitative estimate of drug-likeness (QED) is 0.326. The maximum atomic E-state index is 12.9. The first-order valence-electron chi connectivity index (χ1n) is 5.23. The summed E-state index contributed by atoms with van der Waals surface area (Å²) in [5.74, 6) is 0. The average Bonchev–Trinajstić information content (AvgIpc) is 2.35. The van der Waals surface area contributed by atoms with E-state index in [1.807, 2.05) is 0 Å². The molecule has 2 aromatic carbocycles. The zero-order chi connectivity index (χ0) is 15.1. The Balaban J connectivity index is 2.76. The standard InChI is InChI=1S/C13H5Cl3F3I/c14-8-4-5-9(15)11(16)10(8)6-2-1-3-7(12(6)20)13(17,18)19/h1-5H. The third-order valence-corrected chi connectivity index (χ3v) is 4.90. The molecule has 0 nitrogen and oxygen atoms in total. The average molecular weight is 451 g/mol. The second-order valence-corrected chi connectivity index (χ2v) is 6.15. The van der Waals surface area contributed by atoms with Crippen molar-refractivity contribution in [2.45, 2.75) is 6.18 Å². The molecule has 106 valence electrons. The van der Waals surface area contributed by atoms with Crippen LogP contribution in [0, 0.1) is 3.57 Å². The second kappa shape index (κ2) is 5.91. The molecule has 0 heterocycles. The molecular weight excluding hydrogens is 446 g/mol. The van der Waals surface area contributed by atoms with Gasteiger partial charge in [0.25, 0.3) is 0 Å². The van der Waals surface area contributed by atoms with Gasteiger partial charge in [-0.3, -0.25) is 0 Å². The Morgan fingerprint density at radius 3 is 2.10 bits per heavy atom. The number of rotatable bonds is 1. The lowest BCUT2D eigenvalue weighted by Gasteiger charge is -2.15. The molecule has 0 aliphatic rings. The fourth-order valence-electron chi connectivity index (χ4n) is 1.72. The van der Waals surface area contributed by atoms with E-state index < -0.39 is 11.7 Å². The Labute approximate surface area is 142 Å². The van der Waals surface area contributed by atoms with Crippen LogP contribution >= 0.6 is 57.4 Å². The number of hydrogen-bond donors (Lipinski definition) is 0. The molecule has 7 heteroatoms. The third kappa shape index (κ3) is 3.03. The van der Waals surface area contributed by atoms with Crippen LogP contribution in [0.4, 0.5) is 13.2 Å². The maximum absolute atomic E-state index is 12.9. The first-order valence-corrected chi connectivity index (χ1v) is 7.44. The molecule has 2 rings (SSSR count). The first kappa shape index (κ1) is 16.2. The zero-order valence-corrected chi connectivity index (χ0v) is 14.0.